The Morgan fingerprint density at radius 3 is 2.48 bits per heavy atom. The molecule has 0 spiro atoms. The molecule has 2 unspecified atom stereocenters. The number of rotatable bonds is 5. The van der Waals surface area contributed by atoms with E-state index >= 15 is 0 Å². The maximum absolute atomic E-state index is 13.1. The molecule has 2 atom stereocenters. The highest BCUT2D eigenvalue weighted by molar-refractivity contribution is 6.03. The standard InChI is InChI=1S/C23H24N4O4/c1-13-18-19(15-10-11-16(30-3)17(12-15)31-4)20(23(29)25-21(18)27(2)26-13)24-22(28)14-8-6-5-7-9-14/h5-12,19-20H,1-4H3,(H,24,28)(H,25,29). The molecule has 0 fully saturated rings. The zero-order valence-corrected chi connectivity index (χ0v) is 17.8. The number of carbonyl (C=O) groups excluding carboxylic acids is 2. The maximum Gasteiger partial charge on any atom is 0.251 e. The molecule has 31 heavy (non-hydrogen) atoms. The van der Waals surface area contributed by atoms with Crippen molar-refractivity contribution in [3.8, 4) is 11.5 Å². The van der Waals surface area contributed by atoms with Gasteiger partial charge in [-0.3, -0.25) is 14.3 Å². The molecule has 0 radical (unpaired) electrons. The number of hydrogen-bond donors (Lipinski definition) is 2. The van der Waals surface area contributed by atoms with Gasteiger partial charge in [-0.25, -0.2) is 0 Å². The highest BCUT2D eigenvalue weighted by Gasteiger charge is 2.41. The molecular formula is C23H24N4O4. The molecular weight excluding hydrogens is 396 g/mol. The molecule has 0 saturated heterocycles. The minimum absolute atomic E-state index is 0.306. The number of nitrogens with zero attached hydrogens (tertiary/aromatic N) is 2. The molecule has 2 amide bonds. The van der Waals surface area contributed by atoms with Crippen LogP contribution in [0.4, 0.5) is 5.82 Å². The fraction of sp³-hybridized carbons (Fsp3) is 0.261. The van der Waals surface area contributed by atoms with Crippen molar-refractivity contribution in [3.05, 3.63) is 70.9 Å². The van der Waals surface area contributed by atoms with Crippen LogP contribution >= 0.6 is 0 Å². The fourth-order valence-corrected chi connectivity index (χ4v) is 4.08. The Balaban J connectivity index is 1.82. The molecule has 0 saturated carbocycles. The lowest BCUT2D eigenvalue weighted by Gasteiger charge is -2.33. The van der Waals surface area contributed by atoms with E-state index in [1.807, 2.05) is 25.1 Å². The third-order valence-corrected chi connectivity index (χ3v) is 5.53. The minimum Gasteiger partial charge on any atom is -0.493 e. The molecule has 1 aromatic heterocycles. The predicted octanol–water partition coefficient (Wildman–Crippen LogP) is 2.63. The summed E-state index contributed by atoms with van der Waals surface area (Å²) in [4.78, 5) is 26.0. The summed E-state index contributed by atoms with van der Waals surface area (Å²) in [5, 5.41) is 10.3. The van der Waals surface area contributed by atoms with E-state index < -0.39 is 12.0 Å². The van der Waals surface area contributed by atoms with Crippen molar-refractivity contribution in [3.63, 3.8) is 0 Å². The van der Waals surface area contributed by atoms with Gasteiger partial charge in [-0.2, -0.15) is 5.10 Å². The van der Waals surface area contributed by atoms with E-state index in [1.54, 1.807) is 56.3 Å². The van der Waals surface area contributed by atoms with E-state index in [0.717, 1.165) is 16.8 Å². The Bertz CT molecular complexity index is 1140. The maximum atomic E-state index is 13.1. The van der Waals surface area contributed by atoms with Crippen LogP contribution in [0.3, 0.4) is 0 Å². The lowest BCUT2D eigenvalue weighted by atomic mass is 9.81. The molecule has 2 heterocycles. The highest BCUT2D eigenvalue weighted by Crippen LogP contribution is 2.41. The Labute approximate surface area is 180 Å². The zero-order chi connectivity index (χ0) is 22.1. The average molecular weight is 420 g/mol. The Morgan fingerprint density at radius 2 is 1.81 bits per heavy atom. The van der Waals surface area contributed by atoms with Crippen LogP contribution < -0.4 is 20.1 Å². The van der Waals surface area contributed by atoms with Crippen molar-refractivity contribution >= 4 is 17.6 Å². The van der Waals surface area contributed by atoms with Crippen LogP contribution in [0.1, 0.15) is 33.1 Å². The summed E-state index contributed by atoms with van der Waals surface area (Å²) in [5.74, 6) is 0.662. The smallest absolute Gasteiger partial charge is 0.251 e. The van der Waals surface area contributed by atoms with Gasteiger partial charge in [0.15, 0.2) is 11.5 Å². The normalized spacial score (nSPS) is 17.5. The van der Waals surface area contributed by atoms with Crippen molar-refractivity contribution in [2.45, 2.75) is 18.9 Å². The number of aryl methyl sites for hydroxylation is 2. The summed E-state index contributed by atoms with van der Waals surface area (Å²) >= 11 is 0. The minimum atomic E-state index is -0.832. The Morgan fingerprint density at radius 1 is 1.10 bits per heavy atom. The van der Waals surface area contributed by atoms with Crippen LogP contribution in [0.5, 0.6) is 11.5 Å². The molecule has 3 aromatic rings. The van der Waals surface area contributed by atoms with Gasteiger partial charge in [-0.05, 0) is 36.8 Å². The first kappa shape index (κ1) is 20.5. The van der Waals surface area contributed by atoms with E-state index in [0.29, 0.717) is 22.9 Å². The molecule has 1 aliphatic heterocycles. The number of amides is 2. The number of fused-ring (bicyclic) bond motifs is 1. The lowest BCUT2D eigenvalue weighted by molar-refractivity contribution is -0.118. The second-order valence-corrected chi connectivity index (χ2v) is 7.37. The fourth-order valence-electron chi connectivity index (χ4n) is 4.08. The topological polar surface area (TPSA) is 94.5 Å². The van der Waals surface area contributed by atoms with E-state index in [-0.39, 0.29) is 11.8 Å². The van der Waals surface area contributed by atoms with Gasteiger partial charge in [-0.1, -0.05) is 24.3 Å². The highest BCUT2D eigenvalue weighted by atomic mass is 16.5. The van der Waals surface area contributed by atoms with E-state index in [9.17, 15) is 9.59 Å². The number of ether oxygens (including phenoxy) is 2. The molecule has 1 aliphatic rings. The van der Waals surface area contributed by atoms with Crippen LogP contribution in [0.2, 0.25) is 0 Å². The molecule has 2 N–H and O–H groups in total. The van der Waals surface area contributed by atoms with Gasteiger partial charge in [0.1, 0.15) is 11.9 Å². The van der Waals surface area contributed by atoms with Crippen molar-refractivity contribution in [2.75, 3.05) is 19.5 Å². The van der Waals surface area contributed by atoms with Gasteiger partial charge in [0.05, 0.1) is 19.9 Å². The number of hydrogen-bond acceptors (Lipinski definition) is 5. The molecule has 8 nitrogen and oxygen atoms in total. The molecule has 0 aliphatic carbocycles. The summed E-state index contributed by atoms with van der Waals surface area (Å²) in [5.41, 5.74) is 2.92. The first-order valence-electron chi connectivity index (χ1n) is 9.86. The molecule has 0 bridgehead atoms. The van der Waals surface area contributed by atoms with Crippen LogP contribution in [0.15, 0.2) is 48.5 Å². The first-order valence-corrected chi connectivity index (χ1v) is 9.86. The summed E-state index contributed by atoms with van der Waals surface area (Å²) in [6.45, 7) is 1.89. The summed E-state index contributed by atoms with van der Waals surface area (Å²) in [6, 6.07) is 13.5. The average Bonchev–Trinajstić information content (AvgIpc) is 3.07. The SMILES string of the molecule is COc1ccc(C2c3c(C)nn(C)c3NC(=O)C2NC(=O)c2ccccc2)cc1OC. The zero-order valence-electron chi connectivity index (χ0n) is 17.8. The number of aromatic nitrogens is 2. The lowest BCUT2D eigenvalue weighted by Crippen LogP contribution is -2.50. The van der Waals surface area contributed by atoms with Crippen molar-refractivity contribution < 1.29 is 19.1 Å². The van der Waals surface area contributed by atoms with Crippen LogP contribution in [-0.4, -0.2) is 41.9 Å². The number of anilines is 1. The monoisotopic (exact) mass is 420 g/mol. The van der Waals surface area contributed by atoms with Crippen LogP contribution in [-0.2, 0) is 11.8 Å². The van der Waals surface area contributed by atoms with Crippen LogP contribution in [0.25, 0.3) is 0 Å². The number of nitrogens with one attached hydrogen (secondary N) is 2. The quantitative estimate of drug-likeness (QED) is 0.662. The summed E-state index contributed by atoms with van der Waals surface area (Å²) in [6.07, 6.45) is 0. The second kappa shape index (κ2) is 8.14. The summed E-state index contributed by atoms with van der Waals surface area (Å²) in [7, 11) is 4.91. The van der Waals surface area contributed by atoms with Crippen molar-refractivity contribution in [2.24, 2.45) is 7.05 Å². The summed E-state index contributed by atoms with van der Waals surface area (Å²) < 4.78 is 12.5. The van der Waals surface area contributed by atoms with E-state index in [1.165, 1.54) is 0 Å². The predicted molar refractivity (Wildman–Crippen MR) is 116 cm³/mol. The molecule has 160 valence electrons. The third-order valence-electron chi connectivity index (χ3n) is 5.53. The number of methoxy groups -OCH3 is 2. The van der Waals surface area contributed by atoms with Gasteiger partial charge < -0.3 is 20.1 Å². The Kier molecular flexibility index (Phi) is 5.37. The molecule has 8 heteroatoms. The van der Waals surface area contributed by atoms with Gasteiger partial charge in [-0.15, -0.1) is 0 Å². The van der Waals surface area contributed by atoms with Gasteiger partial charge in [0.25, 0.3) is 5.91 Å². The molecule has 4 rings (SSSR count). The Hall–Kier alpha value is -3.81. The largest absolute Gasteiger partial charge is 0.493 e. The third kappa shape index (κ3) is 3.61. The van der Waals surface area contributed by atoms with Crippen molar-refractivity contribution in [1.29, 1.82) is 0 Å². The second-order valence-electron chi connectivity index (χ2n) is 7.37. The number of benzene rings is 2. The molecule has 2 aromatic carbocycles. The van der Waals surface area contributed by atoms with E-state index in [4.69, 9.17) is 9.47 Å². The van der Waals surface area contributed by atoms with Crippen LogP contribution in [0, 0.1) is 6.92 Å². The van der Waals surface area contributed by atoms with Gasteiger partial charge in [0.2, 0.25) is 5.91 Å². The first-order chi connectivity index (χ1) is 14.9. The van der Waals surface area contributed by atoms with E-state index in [2.05, 4.69) is 15.7 Å². The van der Waals surface area contributed by atoms with Crippen molar-refractivity contribution in [1.82, 2.24) is 15.1 Å². The van der Waals surface area contributed by atoms with Gasteiger partial charge >= 0.3 is 0 Å². The number of carbonyl (C=O) groups is 2. The van der Waals surface area contributed by atoms with Gasteiger partial charge in [0, 0.05) is 24.1 Å².